The third-order valence-electron chi connectivity index (χ3n) is 7.02. The number of hydrogen-bond acceptors (Lipinski definition) is 5. The number of thiazole rings is 1. The van der Waals surface area contributed by atoms with E-state index in [-0.39, 0.29) is 5.91 Å². The number of aryl methyl sites for hydroxylation is 1. The van der Waals surface area contributed by atoms with Crippen molar-refractivity contribution in [3.63, 3.8) is 0 Å². The molecule has 2 fully saturated rings. The Hall–Kier alpha value is -1.92. The highest BCUT2D eigenvalue weighted by molar-refractivity contribution is 7.17. The normalized spacial score (nSPS) is 18.7. The maximum atomic E-state index is 13.4. The highest BCUT2D eigenvalue weighted by Gasteiger charge is 2.29. The molecule has 1 aromatic carbocycles. The lowest BCUT2D eigenvalue weighted by Crippen LogP contribution is -2.47. The second-order valence-corrected chi connectivity index (χ2v) is 10.5. The highest BCUT2D eigenvalue weighted by Crippen LogP contribution is 2.37. The van der Waals surface area contributed by atoms with Crippen LogP contribution in [0.5, 0.6) is 5.75 Å². The number of ether oxygens (including phenoxy) is 1. The van der Waals surface area contributed by atoms with Gasteiger partial charge in [0, 0.05) is 19.1 Å². The van der Waals surface area contributed by atoms with Crippen molar-refractivity contribution in [2.45, 2.75) is 71.3 Å². The molecular weight excluding hydrogens is 418 g/mol. The molecule has 2 aliphatic rings. The van der Waals surface area contributed by atoms with Gasteiger partial charge in [0.2, 0.25) is 0 Å². The maximum absolute atomic E-state index is 13.4. The van der Waals surface area contributed by atoms with Crippen molar-refractivity contribution >= 4 is 17.2 Å². The third-order valence-corrected chi connectivity index (χ3v) is 8.20. The van der Waals surface area contributed by atoms with Crippen LogP contribution >= 0.6 is 11.3 Å². The summed E-state index contributed by atoms with van der Waals surface area (Å²) in [5.74, 6) is 1.37. The standard InChI is InChI=1S/C26H37N3O2S/c1-18(2)20-9-10-23(31-4)22(17-20)25-27-19(3)24(32-25)26(30)29-15-11-21(12-16-29)28-13-7-5-6-8-14-28/h9-10,17-18,21H,5-8,11-16H2,1-4H3. The van der Waals surface area contributed by atoms with Crippen molar-refractivity contribution in [3.05, 3.63) is 34.3 Å². The van der Waals surface area contributed by atoms with Crippen molar-refractivity contribution in [2.75, 3.05) is 33.3 Å². The van der Waals surface area contributed by atoms with Gasteiger partial charge in [-0.15, -0.1) is 11.3 Å². The van der Waals surface area contributed by atoms with Crippen molar-refractivity contribution in [1.29, 1.82) is 0 Å². The molecule has 0 aliphatic carbocycles. The first kappa shape index (κ1) is 23.2. The average molecular weight is 456 g/mol. The Morgan fingerprint density at radius 3 is 2.41 bits per heavy atom. The number of nitrogens with zero attached hydrogens (tertiary/aromatic N) is 3. The second-order valence-electron chi connectivity index (χ2n) is 9.52. The van der Waals surface area contributed by atoms with Crippen molar-refractivity contribution in [2.24, 2.45) is 0 Å². The third kappa shape index (κ3) is 5.01. The summed E-state index contributed by atoms with van der Waals surface area (Å²) in [6.45, 7) is 10.5. The molecule has 0 N–H and O–H groups in total. The molecule has 2 saturated heterocycles. The van der Waals surface area contributed by atoms with Gasteiger partial charge in [-0.1, -0.05) is 32.8 Å². The predicted molar refractivity (Wildman–Crippen MR) is 132 cm³/mol. The topological polar surface area (TPSA) is 45.7 Å². The number of methoxy groups -OCH3 is 1. The van der Waals surface area contributed by atoms with E-state index in [9.17, 15) is 4.79 Å². The lowest BCUT2D eigenvalue weighted by Gasteiger charge is -2.38. The molecule has 4 rings (SSSR count). The average Bonchev–Trinajstić information content (AvgIpc) is 3.00. The smallest absolute Gasteiger partial charge is 0.265 e. The van der Waals surface area contributed by atoms with Crippen LogP contribution in [-0.2, 0) is 0 Å². The van der Waals surface area contributed by atoms with Crippen molar-refractivity contribution in [3.8, 4) is 16.3 Å². The number of carbonyl (C=O) groups is 1. The SMILES string of the molecule is COc1ccc(C(C)C)cc1-c1nc(C)c(C(=O)N2CCC(N3CCCCCC3)CC2)s1. The van der Waals surface area contributed by atoms with Crippen molar-refractivity contribution in [1.82, 2.24) is 14.8 Å². The summed E-state index contributed by atoms with van der Waals surface area (Å²) >= 11 is 1.50. The highest BCUT2D eigenvalue weighted by atomic mass is 32.1. The number of benzene rings is 1. The number of aromatic nitrogens is 1. The van der Waals surface area contributed by atoms with E-state index in [2.05, 4.69) is 30.9 Å². The van der Waals surface area contributed by atoms with E-state index in [1.54, 1.807) is 7.11 Å². The molecule has 0 radical (unpaired) electrons. The summed E-state index contributed by atoms with van der Waals surface area (Å²) in [5.41, 5.74) is 3.05. The zero-order chi connectivity index (χ0) is 22.7. The molecule has 3 heterocycles. The first-order valence-electron chi connectivity index (χ1n) is 12.2. The van der Waals surface area contributed by atoms with E-state index in [0.29, 0.717) is 12.0 Å². The van der Waals surface area contributed by atoms with Crippen LogP contribution in [0.15, 0.2) is 18.2 Å². The van der Waals surface area contributed by atoms with E-state index in [1.807, 2.05) is 17.9 Å². The van der Waals surface area contributed by atoms with E-state index < -0.39 is 0 Å². The Morgan fingerprint density at radius 1 is 1.09 bits per heavy atom. The fourth-order valence-electron chi connectivity index (χ4n) is 5.00. The minimum Gasteiger partial charge on any atom is -0.496 e. The fourth-order valence-corrected chi connectivity index (χ4v) is 6.06. The fraction of sp³-hybridized carbons (Fsp3) is 0.615. The van der Waals surface area contributed by atoms with Crippen LogP contribution < -0.4 is 4.74 Å². The number of carbonyl (C=O) groups excluding carboxylic acids is 1. The molecule has 32 heavy (non-hydrogen) atoms. The number of likely N-dealkylation sites (tertiary alicyclic amines) is 2. The van der Waals surface area contributed by atoms with Gasteiger partial charge in [-0.25, -0.2) is 4.98 Å². The molecule has 1 aromatic heterocycles. The Balaban J connectivity index is 1.48. The molecule has 174 valence electrons. The molecule has 6 heteroatoms. The van der Waals surface area contributed by atoms with Crippen molar-refractivity contribution < 1.29 is 9.53 Å². The Labute approximate surface area is 196 Å². The van der Waals surface area contributed by atoms with E-state index in [4.69, 9.17) is 9.72 Å². The molecule has 0 saturated carbocycles. The molecule has 0 spiro atoms. The van der Waals surface area contributed by atoms with Gasteiger partial charge in [0.05, 0.1) is 18.4 Å². The maximum Gasteiger partial charge on any atom is 0.265 e. The number of hydrogen-bond donors (Lipinski definition) is 0. The van der Waals surface area contributed by atoms with Gasteiger partial charge in [0.15, 0.2) is 0 Å². The first-order chi connectivity index (χ1) is 15.5. The number of amides is 1. The summed E-state index contributed by atoms with van der Waals surface area (Å²) in [5, 5.41) is 0.865. The van der Waals surface area contributed by atoms with Gasteiger partial charge in [-0.2, -0.15) is 0 Å². The quantitative estimate of drug-likeness (QED) is 0.577. The van der Waals surface area contributed by atoms with E-state index >= 15 is 0 Å². The largest absolute Gasteiger partial charge is 0.496 e. The van der Waals surface area contributed by atoms with Gasteiger partial charge < -0.3 is 14.5 Å². The van der Waals surface area contributed by atoms with Crippen LogP contribution in [0, 0.1) is 6.92 Å². The summed E-state index contributed by atoms with van der Waals surface area (Å²) in [4.78, 5) is 23.7. The predicted octanol–water partition coefficient (Wildman–Crippen LogP) is 5.73. The van der Waals surface area contributed by atoms with Gasteiger partial charge in [-0.3, -0.25) is 4.79 Å². The summed E-state index contributed by atoms with van der Waals surface area (Å²) < 4.78 is 5.61. The minimum atomic E-state index is 0.138. The Kier molecular flexibility index (Phi) is 7.51. The van der Waals surface area contributed by atoms with Crippen LogP contribution in [0.25, 0.3) is 10.6 Å². The van der Waals surface area contributed by atoms with E-state index in [1.165, 1.54) is 55.7 Å². The van der Waals surface area contributed by atoms with Gasteiger partial charge >= 0.3 is 0 Å². The summed E-state index contributed by atoms with van der Waals surface area (Å²) in [6, 6.07) is 6.91. The Bertz CT molecular complexity index is 923. The van der Waals surface area contributed by atoms with Crippen LogP contribution in [0.4, 0.5) is 0 Å². The van der Waals surface area contributed by atoms with Gasteiger partial charge in [0.25, 0.3) is 5.91 Å². The monoisotopic (exact) mass is 455 g/mol. The molecule has 0 bridgehead atoms. The summed E-state index contributed by atoms with van der Waals surface area (Å²) in [7, 11) is 1.69. The zero-order valence-electron chi connectivity index (χ0n) is 20.0. The molecule has 2 aliphatic heterocycles. The molecule has 0 unspecified atom stereocenters. The lowest BCUT2D eigenvalue weighted by molar-refractivity contribution is 0.0626. The van der Waals surface area contributed by atoms with Crippen LogP contribution in [0.2, 0.25) is 0 Å². The van der Waals surface area contributed by atoms with Gasteiger partial charge in [-0.05, 0) is 69.3 Å². The van der Waals surface area contributed by atoms with Crippen LogP contribution in [0.3, 0.4) is 0 Å². The molecular formula is C26H37N3O2S. The first-order valence-corrected chi connectivity index (χ1v) is 13.0. The number of piperidine rings is 1. The molecule has 1 amide bonds. The summed E-state index contributed by atoms with van der Waals surface area (Å²) in [6.07, 6.45) is 7.55. The molecule has 5 nitrogen and oxygen atoms in total. The number of rotatable bonds is 5. The zero-order valence-corrected chi connectivity index (χ0v) is 20.8. The lowest BCUT2D eigenvalue weighted by atomic mass is 10.0. The molecule has 2 aromatic rings. The van der Waals surface area contributed by atoms with Crippen LogP contribution in [-0.4, -0.2) is 60.0 Å². The van der Waals surface area contributed by atoms with Crippen LogP contribution in [0.1, 0.15) is 79.2 Å². The van der Waals surface area contributed by atoms with E-state index in [0.717, 1.165) is 52.8 Å². The second kappa shape index (κ2) is 10.3. The molecule has 0 atom stereocenters. The van der Waals surface area contributed by atoms with Gasteiger partial charge in [0.1, 0.15) is 15.6 Å². The minimum absolute atomic E-state index is 0.138. The Morgan fingerprint density at radius 2 is 1.78 bits per heavy atom.